The van der Waals surface area contributed by atoms with Gasteiger partial charge in [0, 0.05) is 26.1 Å². The van der Waals surface area contributed by atoms with E-state index in [1.165, 1.54) is 18.6 Å². The molecule has 1 fully saturated rings. The van der Waals surface area contributed by atoms with Crippen LogP contribution in [0.2, 0.25) is 0 Å². The molecule has 1 aliphatic rings. The molecule has 2 aromatic rings. The Kier molecular flexibility index (Phi) is 3.56. The van der Waals surface area contributed by atoms with Gasteiger partial charge in [0.2, 0.25) is 5.76 Å². The van der Waals surface area contributed by atoms with Gasteiger partial charge in [-0.25, -0.2) is 0 Å². The van der Waals surface area contributed by atoms with Crippen molar-refractivity contribution in [2.45, 2.75) is 13.3 Å². The van der Waals surface area contributed by atoms with Crippen molar-refractivity contribution in [2.75, 3.05) is 13.1 Å². The third-order valence-electron chi connectivity index (χ3n) is 3.69. The molecular formula is C16H16N2O3. The molecule has 3 rings (SSSR count). The maximum Gasteiger partial charge on any atom is 0.276 e. The molecule has 0 bridgehead atoms. The van der Waals surface area contributed by atoms with Gasteiger partial charge in [-0.1, -0.05) is 35.5 Å². The second-order valence-corrected chi connectivity index (χ2v) is 5.40. The lowest BCUT2D eigenvalue weighted by Gasteiger charge is -2.38. The molecule has 1 aromatic carbocycles. The number of benzene rings is 1. The summed E-state index contributed by atoms with van der Waals surface area (Å²) in [7, 11) is 0. The van der Waals surface area contributed by atoms with Gasteiger partial charge in [-0.2, -0.15) is 0 Å². The summed E-state index contributed by atoms with van der Waals surface area (Å²) in [5.41, 5.74) is 1.49. The van der Waals surface area contributed by atoms with Gasteiger partial charge in [0.05, 0.1) is 0 Å². The van der Waals surface area contributed by atoms with Crippen LogP contribution in [0.1, 0.15) is 33.5 Å². The summed E-state index contributed by atoms with van der Waals surface area (Å²) in [5, 5.41) is 3.66. The summed E-state index contributed by atoms with van der Waals surface area (Å²) in [6.07, 6.45) is 0.974. The molecular weight excluding hydrogens is 268 g/mol. The quantitative estimate of drug-likeness (QED) is 0.807. The Bertz CT molecular complexity index is 657. The molecule has 21 heavy (non-hydrogen) atoms. The number of amides is 1. The molecule has 0 saturated carbocycles. The Morgan fingerprint density at radius 1 is 1.29 bits per heavy atom. The van der Waals surface area contributed by atoms with Crippen LogP contribution in [0.4, 0.5) is 0 Å². The minimum absolute atomic E-state index is 0.125. The van der Waals surface area contributed by atoms with E-state index >= 15 is 0 Å². The van der Waals surface area contributed by atoms with Gasteiger partial charge in [0.1, 0.15) is 0 Å². The predicted molar refractivity (Wildman–Crippen MR) is 76.0 cm³/mol. The SMILES string of the molecule is CC(=O)c1cc(C(=O)N2CC(Cc3ccccc3)C2)no1. The van der Waals surface area contributed by atoms with Crippen LogP contribution in [0.3, 0.4) is 0 Å². The Hall–Kier alpha value is -2.43. The van der Waals surface area contributed by atoms with E-state index in [4.69, 9.17) is 4.52 Å². The number of ketones is 1. The van der Waals surface area contributed by atoms with Gasteiger partial charge < -0.3 is 9.42 Å². The van der Waals surface area contributed by atoms with Crippen LogP contribution in [0, 0.1) is 5.92 Å². The van der Waals surface area contributed by atoms with E-state index in [1.54, 1.807) is 4.90 Å². The molecule has 5 heteroatoms. The van der Waals surface area contributed by atoms with E-state index in [0.29, 0.717) is 5.92 Å². The number of Topliss-reactive ketones (excluding diaryl/α,β-unsaturated/α-hetero) is 1. The van der Waals surface area contributed by atoms with Gasteiger partial charge in [-0.15, -0.1) is 0 Å². The van der Waals surface area contributed by atoms with Gasteiger partial charge in [0.25, 0.3) is 5.91 Å². The van der Waals surface area contributed by atoms with Gasteiger partial charge in [-0.05, 0) is 17.9 Å². The van der Waals surface area contributed by atoms with Crippen LogP contribution in [-0.4, -0.2) is 34.8 Å². The van der Waals surface area contributed by atoms with E-state index < -0.39 is 0 Å². The Morgan fingerprint density at radius 2 is 2.00 bits per heavy atom. The van der Waals surface area contributed by atoms with E-state index in [2.05, 4.69) is 17.3 Å². The summed E-state index contributed by atoms with van der Waals surface area (Å²) >= 11 is 0. The lowest BCUT2D eigenvalue weighted by Crippen LogP contribution is -2.50. The zero-order valence-corrected chi connectivity index (χ0v) is 11.8. The maximum atomic E-state index is 12.2. The highest BCUT2D eigenvalue weighted by atomic mass is 16.5. The first-order valence-electron chi connectivity index (χ1n) is 6.94. The number of hydrogen-bond donors (Lipinski definition) is 0. The highest BCUT2D eigenvalue weighted by molar-refractivity contribution is 5.97. The fourth-order valence-electron chi connectivity index (χ4n) is 2.52. The van der Waals surface area contributed by atoms with Crippen molar-refractivity contribution >= 4 is 11.7 Å². The molecule has 0 unspecified atom stereocenters. The smallest absolute Gasteiger partial charge is 0.276 e. The van der Waals surface area contributed by atoms with Crippen LogP contribution < -0.4 is 0 Å². The van der Waals surface area contributed by atoms with Crippen molar-refractivity contribution in [1.82, 2.24) is 10.1 Å². The topological polar surface area (TPSA) is 63.4 Å². The average molecular weight is 284 g/mol. The Labute approximate surface area is 122 Å². The van der Waals surface area contributed by atoms with Crippen LogP contribution in [0.25, 0.3) is 0 Å². The molecule has 5 nitrogen and oxygen atoms in total. The number of nitrogens with zero attached hydrogens (tertiary/aromatic N) is 2. The standard InChI is InChI=1S/C16H16N2O3/c1-11(19)15-8-14(17-21-15)16(20)18-9-13(10-18)7-12-5-3-2-4-6-12/h2-6,8,13H,7,9-10H2,1H3. The first-order valence-corrected chi connectivity index (χ1v) is 6.94. The normalized spacial score (nSPS) is 14.8. The summed E-state index contributed by atoms with van der Waals surface area (Å²) in [6, 6.07) is 11.7. The summed E-state index contributed by atoms with van der Waals surface area (Å²) < 4.78 is 4.84. The zero-order chi connectivity index (χ0) is 14.8. The Morgan fingerprint density at radius 3 is 2.62 bits per heavy atom. The summed E-state index contributed by atoms with van der Waals surface area (Å²) in [4.78, 5) is 25.0. The minimum atomic E-state index is -0.230. The fraction of sp³-hybridized carbons (Fsp3) is 0.312. The van der Waals surface area contributed by atoms with Crippen molar-refractivity contribution < 1.29 is 14.1 Å². The molecule has 1 saturated heterocycles. The minimum Gasteiger partial charge on any atom is -0.352 e. The predicted octanol–water partition coefficient (Wildman–Crippen LogP) is 2.19. The van der Waals surface area contributed by atoms with Crippen molar-refractivity contribution in [2.24, 2.45) is 5.92 Å². The second-order valence-electron chi connectivity index (χ2n) is 5.40. The maximum absolute atomic E-state index is 12.2. The first kappa shape index (κ1) is 13.5. The van der Waals surface area contributed by atoms with Crippen LogP contribution >= 0.6 is 0 Å². The third kappa shape index (κ3) is 2.86. The van der Waals surface area contributed by atoms with Gasteiger partial charge >= 0.3 is 0 Å². The second kappa shape index (κ2) is 5.52. The molecule has 0 atom stereocenters. The highest BCUT2D eigenvalue weighted by Crippen LogP contribution is 2.22. The molecule has 0 radical (unpaired) electrons. The number of likely N-dealkylation sites (tertiary alicyclic amines) is 1. The first-order chi connectivity index (χ1) is 10.1. The van der Waals surface area contributed by atoms with Gasteiger partial charge in [0.15, 0.2) is 11.5 Å². The molecule has 0 aliphatic carbocycles. The molecule has 0 N–H and O–H groups in total. The number of carbonyl (C=O) groups is 2. The van der Waals surface area contributed by atoms with E-state index in [-0.39, 0.29) is 23.1 Å². The number of aromatic nitrogens is 1. The summed E-state index contributed by atoms with van der Waals surface area (Å²) in [6.45, 7) is 2.82. The number of carbonyl (C=O) groups excluding carboxylic acids is 2. The molecule has 1 amide bonds. The van der Waals surface area contributed by atoms with Crippen LogP contribution in [0.15, 0.2) is 40.9 Å². The molecule has 1 aliphatic heterocycles. The molecule has 1 aromatic heterocycles. The van der Waals surface area contributed by atoms with Crippen LogP contribution in [-0.2, 0) is 6.42 Å². The number of rotatable bonds is 4. The van der Waals surface area contributed by atoms with Crippen molar-refractivity contribution in [3.05, 3.63) is 53.4 Å². The highest BCUT2D eigenvalue weighted by Gasteiger charge is 2.32. The fourth-order valence-corrected chi connectivity index (χ4v) is 2.52. The lowest BCUT2D eigenvalue weighted by atomic mass is 9.92. The van der Waals surface area contributed by atoms with E-state index in [9.17, 15) is 9.59 Å². The number of hydrogen-bond acceptors (Lipinski definition) is 4. The molecule has 2 heterocycles. The molecule has 0 spiro atoms. The zero-order valence-electron chi connectivity index (χ0n) is 11.8. The Balaban J connectivity index is 1.55. The average Bonchev–Trinajstić information content (AvgIpc) is 2.93. The molecule has 108 valence electrons. The lowest BCUT2D eigenvalue weighted by molar-refractivity contribution is 0.0490. The third-order valence-corrected chi connectivity index (χ3v) is 3.69. The van der Waals surface area contributed by atoms with Crippen molar-refractivity contribution in [3.63, 3.8) is 0 Å². The van der Waals surface area contributed by atoms with Gasteiger partial charge in [-0.3, -0.25) is 9.59 Å². The van der Waals surface area contributed by atoms with E-state index in [0.717, 1.165) is 19.5 Å². The van der Waals surface area contributed by atoms with E-state index in [1.807, 2.05) is 18.2 Å². The van der Waals surface area contributed by atoms with Crippen molar-refractivity contribution in [3.8, 4) is 0 Å². The summed E-state index contributed by atoms with van der Waals surface area (Å²) in [5.74, 6) is 0.206. The monoisotopic (exact) mass is 284 g/mol. The van der Waals surface area contributed by atoms with Crippen LogP contribution in [0.5, 0.6) is 0 Å². The van der Waals surface area contributed by atoms with Crippen molar-refractivity contribution in [1.29, 1.82) is 0 Å². The largest absolute Gasteiger partial charge is 0.352 e.